The van der Waals surface area contributed by atoms with E-state index in [0.29, 0.717) is 0 Å². The normalized spacial score (nSPS) is 22.4. The molecule has 2 bridgehead atoms. The molecule has 0 unspecified atom stereocenters. The summed E-state index contributed by atoms with van der Waals surface area (Å²) in [6, 6.07) is 11.0. The van der Waals surface area contributed by atoms with Gasteiger partial charge in [0.1, 0.15) is 11.6 Å². The van der Waals surface area contributed by atoms with Crippen LogP contribution < -0.4 is 9.64 Å². The van der Waals surface area contributed by atoms with E-state index >= 15 is 0 Å². The summed E-state index contributed by atoms with van der Waals surface area (Å²) in [7, 11) is 1.75. The second kappa shape index (κ2) is 18.3. The number of likely N-dealkylation sites (tertiary alicyclic amines) is 1. The largest absolute Gasteiger partial charge is 0.496 e. The molecule has 5 aliphatic rings. The number of β-amino-alcohol motifs (C(OH)–C–C–N with tert-alkyl or cyclic N) is 1. The van der Waals surface area contributed by atoms with E-state index in [1.165, 1.54) is 49.7 Å². The fourth-order valence-corrected chi connectivity index (χ4v) is 8.56. The molecule has 1 aliphatic heterocycles. The Morgan fingerprint density at radius 3 is 2.15 bits per heavy atom. The summed E-state index contributed by atoms with van der Waals surface area (Å²) < 4.78 is 18.6. The molecule has 4 aliphatic carbocycles. The van der Waals surface area contributed by atoms with Crippen LogP contribution in [0.2, 0.25) is 0 Å². The molecule has 4 saturated carbocycles. The molecule has 3 aromatic rings. The number of carbonyl (C=O) groups excluding carboxylic acids is 2. The van der Waals surface area contributed by atoms with Crippen molar-refractivity contribution in [3.05, 3.63) is 60.0 Å². The van der Waals surface area contributed by atoms with Gasteiger partial charge in [-0.2, -0.15) is 5.10 Å². The number of aromatic nitrogens is 3. The van der Waals surface area contributed by atoms with Crippen LogP contribution in [0.3, 0.4) is 0 Å². The lowest BCUT2D eigenvalue weighted by Crippen LogP contribution is -2.53. The SMILES string of the molecule is CCCC.COc1ccc(C23CCC(CN(C(=O)C4CCCCC4)c4cc(-c5cnn(C(C)(C)C)c5)ccn4)(CC2)CC3)cc1C.O=C(OF)N1CC(O)C1. The molecular weight excluding hydrogens is 698 g/mol. The summed E-state index contributed by atoms with van der Waals surface area (Å²) in [5, 5.41) is 13.2. The van der Waals surface area contributed by atoms with Gasteiger partial charge in [0.25, 0.3) is 0 Å². The zero-order valence-electron chi connectivity index (χ0n) is 34.3. The number of carbonyl (C=O) groups is 2. The van der Waals surface area contributed by atoms with Crippen LogP contribution in [0.25, 0.3) is 11.1 Å². The number of amides is 2. The summed E-state index contributed by atoms with van der Waals surface area (Å²) in [4.78, 5) is 35.3. The number of hydrogen-bond donors (Lipinski definition) is 1. The van der Waals surface area contributed by atoms with Crippen molar-refractivity contribution in [2.24, 2.45) is 11.3 Å². The van der Waals surface area contributed by atoms with Crippen LogP contribution in [0.4, 0.5) is 15.1 Å². The maximum Gasteiger partial charge on any atom is 0.447 e. The number of anilines is 1. The molecule has 10 nitrogen and oxygen atoms in total. The van der Waals surface area contributed by atoms with Crippen molar-refractivity contribution in [1.29, 1.82) is 0 Å². The molecule has 0 radical (unpaired) electrons. The number of fused-ring (bicyclic) bond motifs is 3. The highest BCUT2D eigenvalue weighted by Crippen LogP contribution is 2.58. The van der Waals surface area contributed by atoms with Gasteiger partial charge in [-0.15, -0.1) is 0 Å². The lowest BCUT2D eigenvalue weighted by atomic mass is 9.51. The molecular formula is C44H64FN5O5. The third-order valence-electron chi connectivity index (χ3n) is 12.4. The summed E-state index contributed by atoms with van der Waals surface area (Å²) in [6.07, 6.45) is 19.6. The van der Waals surface area contributed by atoms with Gasteiger partial charge in [-0.25, -0.2) is 14.7 Å². The molecule has 1 aromatic carbocycles. The molecule has 1 N–H and O–H groups in total. The Hall–Kier alpha value is -3.99. The summed E-state index contributed by atoms with van der Waals surface area (Å²) in [6.45, 7) is 14.1. The van der Waals surface area contributed by atoms with Gasteiger partial charge in [0, 0.05) is 34.9 Å². The van der Waals surface area contributed by atoms with E-state index in [1.807, 2.05) is 23.1 Å². The number of halogens is 1. The highest BCUT2D eigenvalue weighted by atomic mass is 19.3. The number of pyridine rings is 1. The molecule has 3 heterocycles. The van der Waals surface area contributed by atoms with Crippen LogP contribution in [0.1, 0.15) is 129 Å². The minimum atomic E-state index is -1.03. The first-order valence-electron chi connectivity index (χ1n) is 20.5. The van der Waals surface area contributed by atoms with Crippen LogP contribution in [-0.4, -0.2) is 69.6 Å². The molecule has 2 aromatic heterocycles. The summed E-state index contributed by atoms with van der Waals surface area (Å²) >= 11 is 0. The summed E-state index contributed by atoms with van der Waals surface area (Å²) in [5.41, 5.74) is 5.13. The fraction of sp³-hybridized carbons (Fsp3) is 0.636. The third kappa shape index (κ3) is 10.1. The number of aryl methyl sites for hydroxylation is 1. The Bertz CT molecular complexity index is 1700. The number of rotatable bonds is 8. The second-order valence-corrected chi connectivity index (χ2v) is 17.4. The fourth-order valence-electron chi connectivity index (χ4n) is 8.56. The average Bonchev–Trinajstić information content (AvgIpc) is 3.72. The van der Waals surface area contributed by atoms with Gasteiger partial charge in [0.05, 0.1) is 38.0 Å². The monoisotopic (exact) mass is 761 g/mol. The molecule has 5 fully saturated rings. The Kier molecular flexibility index (Phi) is 14.0. The van der Waals surface area contributed by atoms with Gasteiger partial charge < -0.3 is 14.7 Å². The van der Waals surface area contributed by atoms with Crippen molar-refractivity contribution < 1.29 is 28.9 Å². The van der Waals surface area contributed by atoms with Crippen molar-refractivity contribution in [2.75, 3.05) is 31.6 Å². The Morgan fingerprint density at radius 2 is 1.62 bits per heavy atom. The molecule has 11 heteroatoms. The Balaban J connectivity index is 0.000000381. The lowest BCUT2D eigenvalue weighted by Gasteiger charge is -2.55. The predicted octanol–water partition coefficient (Wildman–Crippen LogP) is 9.71. The first-order chi connectivity index (χ1) is 26.3. The first-order valence-corrected chi connectivity index (χ1v) is 20.5. The minimum absolute atomic E-state index is 0.0854. The minimum Gasteiger partial charge on any atom is -0.496 e. The molecule has 8 rings (SSSR count). The van der Waals surface area contributed by atoms with Crippen LogP contribution in [0.15, 0.2) is 48.9 Å². The highest BCUT2D eigenvalue weighted by Gasteiger charge is 2.50. The maximum atomic E-state index is 14.3. The molecule has 302 valence electrons. The van der Waals surface area contributed by atoms with E-state index in [4.69, 9.17) is 14.8 Å². The first kappa shape index (κ1) is 42.2. The number of hydrogen-bond acceptors (Lipinski definition) is 7. The number of nitrogens with zero attached hydrogens (tertiary/aromatic N) is 5. The molecule has 2 amide bonds. The van der Waals surface area contributed by atoms with Crippen molar-refractivity contribution >= 4 is 17.8 Å². The van der Waals surface area contributed by atoms with Crippen LogP contribution in [-0.2, 0) is 20.7 Å². The average molecular weight is 762 g/mol. The number of methoxy groups -OCH3 is 1. The van der Waals surface area contributed by atoms with E-state index in [0.717, 1.165) is 79.1 Å². The topological polar surface area (TPSA) is 110 Å². The maximum absolute atomic E-state index is 14.3. The Labute approximate surface area is 327 Å². The zero-order chi connectivity index (χ0) is 39.8. The zero-order valence-corrected chi connectivity index (χ0v) is 34.3. The number of unbranched alkanes of at least 4 members (excludes halogenated alkanes) is 1. The second-order valence-electron chi connectivity index (χ2n) is 17.4. The molecule has 0 spiro atoms. The van der Waals surface area contributed by atoms with Crippen LogP contribution in [0.5, 0.6) is 5.75 Å². The van der Waals surface area contributed by atoms with Gasteiger partial charge >= 0.3 is 6.09 Å². The van der Waals surface area contributed by atoms with Gasteiger partial charge in [-0.3, -0.25) is 14.4 Å². The van der Waals surface area contributed by atoms with Crippen molar-refractivity contribution in [2.45, 2.75) is 142 Å². The predicted molar refractivity (Wildman–Crippen MR) is 215 cm³/mol. The van der Waals surface area contributed by atoms with E-state index in [2.05, 4.69) is 86.9 Å². The van der Waals surface area contributed by atoms with Crippen LogP contribution in [0, 0.1) is 18.3 Å². The van der Waals surface area contributed by atoms with Gasteiger partial charge in [-0.1, -0.05) is 58.1 Å². The molecule has 0 atom stereocenters. The number of ether oxygens (including phenoxy) is 1. The smallest absolute Gasteiger partial charge is 0.447 e. The molecule has 1 saturated heterocycles. The standard InChI is InChI=1S/C36H48N4O2.C4H6FNO3.C4H10/c1-26-21-30(11-12-31(26)42-5)36-17-14-35(15-18-36,16-19-36)25-39(33(41)27-9-7-6-8-10-27)32-22-28(13-20-37-32)29-23-38-40(24-29)34(2,3)4;5-9-4(8)6-1-3(7)2-6;1-3-4-2/h11-13,20-24,27H,6-10,14-19,25H2,1-5H3;3,7H,1-2H2;3-4H2,1-2H3. The lowest BCUT2D eigenvalue weighted by molar-refractivity contribution is -0.124. The highest BCUT2D eigenvalue weighted by molar-refractivity contribution is 5.95. The van der Waals surface area contributed by atoms with Crippen LogP contribution >= 0.6 is 0 Å². The number of aliphatic hydroxyl groups is 1. The van der Waals surface area contributed by atoms with E-state index < -0.39 is 12.2 Å². The van der Waals surface area contributed by atoms with E-state index in [9.17, 15) is 14.1 Å². The van der Waals surface area contributed by atoms with Gasteiger partial charge in [-0.05, 0) is 125 Å². The van der Waals surface area contributed by atoms with Crippen molar-refractivity contribution in [1.82, 2.24) is 19.7 Å². The number of aliphatic hydroxyl groups excluding tert-OH is 1. The Morgan fingerprint density at radius 1 is 0.964 bits per heavy atom. The summed E-state index contributed by atoms with van der Waals surface area (Å²) in [5.74, 6) is 2.16. The number of benzene rings is 1. The van der Waals surface area contributed by atoms with Gasteiger partial charge in [0.15, 0.2) is 0 Å². The van der Waals surface area contributed by atoms with E-state index in [-0.39, 0.29) is 41.3 Å². The quantitative estimate of drug-likeness (QED) is 0.243. The van der Waals surface area contributed by atoms with Gasteiger partial charge in [0.2, 0.25) is 5.91 Å². The van der Waals surface area contributed by atoms with E-state index in [1.54, 1.807) is 7.11 Å². The third-order valence-corrected chi connectivity index (χ3v) is 12.4. The molecule has 55 heavy (non-hydrogen) atoms. The van der Waals surface area contributed by atoms with Crippen molar-refractivity contribution in [3.8, 4) is 16.9 Å². The van der Waals surface area contributed by atoms with Crippen molar-refractivity contribution in [3.63, 3.8) is 0 Å².